The Kier molecular flexibility index (Phi) is 7.84. The highest BCUT2D eigenvalue weighted by atomic mass is 16.6. The molecule has 9 heteroatoms. The van der Waals surface area contributed by atoms with Gasteiger partial charge in [0.15, 0.2) is 0 Å². The molecule has 0 saturated carbocycles. The SMILES string of the molecule is CC1CC(C(=O)Nc2ccc(N3CCN(C(=O)OC(C)(C)C)CC3)cc2)CCN1CC(=O)O. The predicted molar refractivity (Wildman–Crippen MR) is 126 cm³/mol. The van der Waals surface area contributed by atoms with E-state index in [2.05, 4.69) is 10.2 Å². The van der Waals surface area contributed by atoms with Crippen LogP contribution in [0.1, 0.15) is 40.5 Å². The lowest BCUT2D eigenvalue weighted by molar-refractivity contribution is -0.139. The third-order valence-corrected chi connectivity index (χ3v) is 6.15. The lowest BCUT2D eigenvalue weighted by atomic mass is 9.90. The largest absolute Gasteiger partial charge is 0.480 e. The van der Waals surface area contributed by atoms with Crippen LogP contribution in [0.3, 0.4) is 0 Å². The summed E-state index contributed by atoms with van der Waals surface area (Å²) in [6, 6.07) is 7.83. The molecule has 9 nitrogen and oxygen atoms in total. The summed E-state index contributed by atoms with van der Waals surface area (Å²) in [5, 5.41) is 12.0. The lowest BCUT2D eigenvalue weighted by Gasteiger charge is -2.37. The van der Waals surface area contributed by atoms with E-state index in [0.29, 0.717) is 32.5 Å². The van der Waals surface area contributed by atoms with E-state index < -0.39 is 11.6 Å². The van der Waals surface area contributed by atoms with Crippen LogP contribution in [-0.4, -0.2) is 83.8 Å². The number of piperidine rings is 1. The van der Waals surface area contributed by atoms with Crippen molar-refractivity contribution in [2.75, 3.05) is 49.5 Å². The first kappa shape index (κ1) is 24.8. The molecule has 2 aliphatic rings. The summed E-state index contributed by atoms with van der Waals surface area (Å²) in [5.41, 5.74) is 1.30. The first-order valence-electron chi connectivity index (χ1n) is 11.6. The maximum atomic E-state index is 12.7. The van der Waals surface area contributed by atoms with Crippen LogP contribution in [0.2, 0.25) is 0 Å². The van der Waals surface area contributed by atoms with E-state index >= 15 is 0 Å². The van der Waals surface area contributed by atoms with Gasteiger partial charge in [0.1, 0.15) is 5.60 Å². The number of aliphatic carboxylic acids is 1. The molecule has 2 N–H and O–H groups in total. The molecule has 2 atom stereocenters. The van der Waals surface area contributed by atoms with Crippen molar-refractivity contribution < 1.29 is 24.2 Å². The number of benzene rings is 1. The van der Waals surface area contributed by atoms with Gasteiger partial charge in [-0.1, -0.05) is 0 Å². The molecule has 2 heterocycles. The van der Waals surface area contributed by atoms with Gasteiger partial charge in [0, 0.05) is 49.5 Å². The second-order valence-corrected chi connectivity index (χ2v) is 9.93. The average molecular weight is 461 g/mol. The van der Waals surface area contributed by atoms with Crippen molar-refractivity contribution in [2.24, 2.45) is 5.92 Å². The van der Waals surface area contributed by atoms with Gasteiger partial charge in [0.2, 0.25) is 5.91 Å². The van der Waals surface area contributed by atoms with Gasteiger partial charge in [0.25, 0.3) is 0 Å². The highest BCUT2D eigenvalue weighted by molar-refractivity contribution is 5.92. The van der Waals surface area contributed by atoms with Crippen molar-refractivity contribution >= 4 is 29.3 Å². The van der Waals surface area contributed by atoms with Crippen LogP contribution < -0.4 is 10.2 Å². The van der Waals surface area contributed by atoms with E-state index in [1.165, 1.54) is 0 Å². The summed E-state index contributed by atoms with van der Waals surface area (Å²) < 4.78 is 5.45. The van der Waals surface area contributed by atoms with Crippen molar-refractivity contribution in [2.45, 2.75) is 52.2 Å². The number of hydrogen-bond donors (Lipinski definition) is 2. The highest BCUT2D eigenvalue weighted by Crippen LogP contribution is 2.25. The first-order valence-corrected chi connectivity index (χ1v) is 11.6. The molecule has 0 radical (unpaired) electrons. The highest BCUT2D eigenvalue weighted by Gasteiger charge is 2.31. The van der Waals surface area contributed by atoms with Gasteiger partial charge in [-0.2, -0.15) is 0 Å². The fraction of sp³-hybridized carbons (Fsp3) is 0.625. The minimum atomic E-state index is -0.837. The number of hydrogen-bond acceptors (Lipinski definition) is 6. The van der Waals surface area contributed by atoms with Gasteiger partial charge in [-0.05, 0) is 71.3 Å². The van der Waals surface area contributed by atoms with E-state index in [-0.39, 0.29) is 30.5 Å². The van der Waals surface area contributed by atoms with E-state index in [1.807, 2.05) is 56.9 Å². The number of anilines is 2. The zero-order valence-corrected chi connectivity index (χ0v) is 20.0. The molecule has 1 aromatic carbocycles. The molecule has 182 valence electrons. The number of nitrogens with zero attached hydrogens (tertiary/aromatic N) is 3. The standard InChI is InChI=1S/C24H36N4O5/c1-17-15-18(9-10-28(17)16-21(29)30)22(31)25-19-5-7-20(8-6-19)26-11-13-27(14-12-26)23(32)33-24(2,3)4/h5-8,17-18H,9-16H2,1-4H3,(H,25,31)(H,29,30). The van der Waals surface area contributed by atoms with Crippen molar-refractivity contribution in [3.8, 4) is 0 Å². The van der Waals surface area contributed by atoms with Crippen molar-refractivity contribution in [1.29, 1.82) is 0 Å². The van der Waals surface area contributed by atoms with E-state index in [9.17, 15) is 14.4 Å². The molecule has 0 aliphatic carbocycles. The molecule has 1 aromatic rings. The molecule has 2 fully saturated rings. The van der Waals surface area contributed by atoms with E-state index in [0.717, 1.165) is 24.5 Å². The molecule has 0 bridgehead atoms. The smallest absolute Gasteiger partial charge is 0.410 e. The molecule has 0 spiro atoms. The van der Waals surface area contributed by atoms with Gasteiger partial charge in [-0.3, -0.25) is 14.5 Å². The minimum absolute atomic E-state index is 0.0169. The van der Waals surface area contributed by atoms with Crippen LogP contribution in [0, 0.1) is 5.92 Å². The average Bonchev–Trinajstić information content (AvgIpc) is 2.74. The van der Waals surface area contributed by atoms with Crippen LogP contribution >= 0.6 is 0 Å². The quantitative estimate of drug-likeness (QED) is 0.697. The van der Waals surface area contributed by atoms with Gasteiger partial charge in [0.05, 0.1) is 6.54 Å². The zero-order valence-electron chi connectivity index (χ0n) is 20.0. The molecular weight excluding hydrogens is 424 g/mol. The Morgan fingerprint density at radius 2 is 1.70 bits per heavy atom. The van der Waals surface area contributed by atoms with Gasteiger partial charge < -0.3 is 25.0 Å². The molecule has 2 saturated heterocycles. The Balaban J connectivity index is 1.47. The zero-order chi connectivity index (χ0) is 24.2. The predicted octanol–water partition coefficient (Wildman–Crippen LogP) is 2.87. The Hall–Kier alpha value is -2.81. The lowest BCUT2D eigenvalue weighted by Crippen LogP contribution is -2.50. The van der Waals surface area contributed by atoms with Crippen LogP contribution in [0.4, 0.5) is 16.2 Å². The number of carboxylic acid groups (broad SMARTS) is 1. The summed E-state index contributed by atoms with van der Waals surface area (Å²) in [5.74, 6) is -0.975. The van der Waals surface area contributed by atoms with Gasteiger partial charge in [-0.25, -0.2) is 4.79 Å². The normalized spacial score (nSPS) is 22.1. The summed E-state index contributed by atoms with van der Waals surface area (Å²) in [4.78, 5) is 41.8. The number of rotatable bonds is 5. The third-order valence-electron chi connectivity index (χ3n) is 6.15. The topological polar surface area (TPSA) is 102 Å². The second kappa shape index (κ2) is 10.4. The Morgan fingerprint density at radius 3 is 2.24 bits per heavy atom. The maximum absolute atomic E-state index is 12.7. The Labute approximate surface area is 195 Å². The summed E-state index contributed by atoms with van der Waals surface area (Å²) in [6.45, 7) is 10.8. The van der Waals surface area contributed by atoms with Crippen molar-refractivity contribution in [3.63, 3.8) is 0 Å². The number of carbonyl (C=O) groups excluding carboxylic acids is 2. The number of carboxylic acids is 1. The van der Waals surface area contributed by atoms with Gasteiger partial charge in [-0.15, -0.1) is 0 Å². The summed E-state index contributed by atoms with van der Waals surface area (Å²) >= 11 is 0. The van der Waals surface area contributed by atoms with Crippen LogP contribution in [0.25, 0.3) is 0 Å². The molecular formula is C24H36N4O5. The second-order valence-electron chi connectivity index (χ2n) is 9.93. The van der Waals surface area contributed by atoms with Crippen LogP contribution in [0.15, 0.2) is 24.3 Å². The van der Waals surface area contributed by atoms with E-state index in [4.69, 9.17) is 9.84 Å². The monoisotopic (exact) mass is 460 g/mol. The maximum Gasteiger partial charge on any atom is 0.410 e. The molecule has 2 aliphatic heterocycles. The molecule has 3 rings (SSSR count). The first-order chi connectivity index (χ1) is 15.5. The number of likely N-dealkylation sites (tertiary alicyclic amines) is 1. The van der Waals surface area contributed by atoms with E-state index in [1.54, 1.807) is 4.90 Å². The molecule has 33 heavy (non-hydrogen) atoms. The Bertz CT molecular complexity index is 843. The fourth-order valence-corrected chi connectivity index (χ4v) is 4.34. The number of carbonyl (C=O) groups is 3. The molecule has 2 unspecified atom stereocenters. The summed E-state index contributed by atoms with van der Waals surface area (Å²) in [7, 11) is 0. The van der Waals surface area contributed by atoms with Gasteiger partial charge >= 0.3 is 12.1 Å². The number of nitrogens with one attached hydrogen (secondary N) is 1. The number of ether oxygens (including phenoxy) is 1. The van der Waals surface area contributed by atoms with Crippen molar-refractivity contribution in [3.05, 3.63) is 24.3 Å². The Morgan fingerprint density at radius 1 is 1.06 bits per heavy atom. The number of piperazine rings is 1. The summed E-state index contributed by atoms with van der Waals surface area (Å²) in [6.07, 6.45) is 1.03. The van der Waals surface area contributed by atoms with Crippen molar-refractivity contribution in [1.82, 2.24) is 9.80 Å². The third kappa shape index (κ3) is 7.08. The number of amides is 2. The molecule has 2 amide bonds. The van der Waals surface area contributed by atoms with Crippen LogP contribution in [0.5, 0.6) is 0 Å². The molecule has 0 aromatic heterocycles. The van der Waals surface area contributed by atoms with Crippen LogP contribution in [-0.2, 0) is 14.3 Å². The minimum Gasteiger partial charge on any atom is -0.480 e. The fourth-order valence-electron chi connectivity index (χ4n) is 4.34.